The molecule has 2 aliphatic heterocycles. The minimum atomic E-state index is -0.559. The molecule has 32 heavy (non-hydrogen) atoms. The normalized spacial score (nSPS) is 24.7. The standard InChI is InChI=1S/C22H31N7O2S/c1-4-5-6-10-13-23-15(14-11-8-7-9-12-14)19(30)24-16-20(31)29-17(18-25-27-28-26-18)22(2,3)32-21(16)29/h7-9,11-12,15-17,21,23H,4-6,10,13H2,1-3H3,(H,24,30)(H,25,26,27,28). The zero-order chi connectivity index (χ0) is 22.7. The van der Waals surface area contributed by atoms with Crippen LogP contribution < -0.4 is 10.6 Å². The van der Waals surface area contributed by atoms with E-state index in [0.29, 0.717) is 5.82 Å². The molecule has 0 radical (unpaired) electrons. The molecule has 2 aromatic rings. The molecular formula is C22H31N7O2S. The molecule has 0 spiro atoms. The van der Waals surface area contributed by atoms with Gasteiger partial charge >= 0.3 is 0 Å². The number of H-pyrrole nitrogens is 1. The smallest absolute Gasteiger partial charge is 0.249 e. The third-order valence-corrected chi connectivity index (χ3v) is 7.69. The molecule has 2 fully saturated rings. The fraction of sp³-hybridized carbons (Fsp3) is 0.591. The van der Waals surface area contributed by atoms with Crippen molar-refractivity contribution in [3.63, 3.8) is 0 Å². The Kier molecular flexibility index (Phi) is 6.80. The van der Waals surface area contributed by atoms with Crippen LogP contribution in [0.4, 0.5) is 0 Å². The molecule has 1 aromatic heterocycles. The molecular weight excluding hydrogens is 426 g/mol. The molecule has 0 bridgehead atoms. The van der Waals surface area contributed by atoms with Crippen LogP contribution in [0.2, 0.25) is 0 Å². The SMILES string of the molecule is CCCCCCNC(C(=O)NC1C(=O)N2C1SC(C)(C)C2c1nn[nH]n1)c1ccccc1. The van der Waals surface area contributed by atoms with Crippen LogP contribution in [-0.4, -0.2) is 60.0 Å². The predicted molar refractivity (Wildman–Crippen MR) is 122 cm³/mol. The number of nitrogens with one attached hydrogen (secondary N) is 3. The molecule has 0 aliphatic carbocycles. The zero-order valence-electron chi connectivity index (χ0n) is 18.7. The van der Waals surface area contributed by atoms with Gasteiger partial charge in [0.25, 0.3) is 0 Å². The van der Waals surface area contributed by atoms with Gasteiger partial charge in [0.1, 0.15) is 23.5 Å². The molecule has 4 unspecified atom stereocenters. The topological polar surface area (TPSA) is 116 Å². The first-order chi connectivity index (χ1) is 15.4. The van der Waals surface area contributed by atoms with Crippen molar-refractivity contribution >= 4 is 23.6 Å². The van der Waals surface area contributed by atoms with E-state index in [1.165, 1.54) is 12.8 Å². The second kappa shape index (κ2) is 9.58. The third-order valence-electron chi connectivity index (χ3n) is 6.12. The first-order valence-electron chi connectivity index (χ1n) is 11.3. The van der Waals surface area contributed by atoms with E-state index in [4.69, 9.17) is 0 Å². The largest absolute Gasteiger partial charge is 0.340 e. The molecule has 2 saturated heterocycles. The summed E-state index contributed by atoms with van der Waals surface area (Å²) < 4.78 is -0.292. The molecule has 3 N–H and O–H groups in total. The molecule has 2 amide bonds. The van der Waals surface area contributed by atoms with Crippen LogP contribution in [0.15, 0.2) is 30.3 Å². The Balaban J connectivity index is 1.44. The van der Waals surface area contributed by atoms with Crippen LogP contribution in [0.3, 0.4) is 0 Å². The Morgan fingerprint density at radius 3 is 2.72 bits per heavy atom. The van der Waals surface area contributed by atoms with Crippen molar-refractivity contribution in [2.45, 2.75) is 74.7 Å². The van der Waals surface area contributed by atoms with Crippen LogP contribution in [0.5, 0.6) is 0 Å². The molecule has 3 heterocycles. The molecule has 9 nitrogen and oxygen atoms in total. The van der Waals surface area contributed by atoms with Gasteiger partial charge in [0, 0.05) is 4.75 Å². The molecule has 0 saturated carbocycles. The summed E-state index contributed by atoms with van der Waals surface area (Å²) in [6, 6.07) is 8.34. The number of rotatable bonds is 10. The van der Waals surface area contributed by atoms with Crippen LogP contribution in [0.1, 0.15) is 69.9 Å². The third kappa shape index (κ3) is 4.38. The molecule has 2 aliphatic rings. The van der Waals surface area contributed by atoms with Gasteiger partial charge in [-0.2, -0.15) is 5.21 Å². The van der Waals surface area contributed by atoms with E-state index in [-0.39, 0.29) is 28.0 Å². The van der Waals surface area contributed by atoms with E-state index < -0.39 is 12.1 Å². The summed E-state index contributed by atoms with van der Waals surface area (Å²) in [5.41, 5.74) is 0.896. The minimum Gasteiger partial charge on any atom is -0.340 e. The number of benzene rings is 1. The fourth-order valence-corrected chi connectivity index (χ4v) is 6.12. The van der Waals surface area contributed by atoms with Crippen molar-refractivity contribution in [3.05, 3.63) is 41.7 Å². The highest BCUT2D eigenvalue weighted by atomic mass is 32.2. The fourth-order valence-electron chi connectivity index (χ4n) is 4.49. The van der Waals surface area contributed by atoms with Crippen molar-refractivity contribution in [1.29, 1.82) is 0 Å². The lowest BCUT2D eigenvalue weighted by atomic mass is 9.95. The van der Waals surface area contributed by atoms with Crippen LogP contribution in [0, 0.1) is 0 Å². The van der Waals surface area contributed by atoms with Crippen molar-refractivity contribution in [2.24, 2.45) is 0 Å². The van der Waals surface area contributed by atoms with E-state index >= 15 is 0 Å². The van der Waals surface area contributed by atoms with Crippen LogP contribution in [0.25, 0.3) is 0 Å². The number of aromatic nitrogens is 4. The maximum atomic E-state index is 13.3. The van der Waals surface area contributed by atoms with Crippen LogP contribution in [-0.2, 0) is 9.59 Å². The average molecular weight is 458 g/mol. The van der Waals surface area contributed by atoms with E-state index in [9.17, 15) is 9.59 Å². The molecule has 172 valence electrons. The van der Waals surface area contributed by atoms with E-state index in [1.54, 1.807) is 16.7 Å². The van der Waals surface area contributed by atoms with Gasteiger partial charge in [-0.15, -0.1) is 22.0 Å². The number of β-lactam (4-membered cyclic amide) rings is 1. The minimum absolute atomic E-state index is 0.106. The highest BCUT2D eigenvalue weighted by Gasteiger charge is 2.63. The highest BCUT2D eigenvalue weighted by Crippen LogP contribution is 2.56. The monoisotopic (exact) mass is 457 g/mol. The molecule has 1 aromatic carbocycles. The van der Waals surface area contributed by atoms with Gasteiger partial charge in [-0.25, -0.2) is 0 Å². The summed E-state index contributed by atoms with van der Waals surface area (Å²) in [6.07, 6.45) is 4.50. The second-order valence-electron chi connectivity index (χ2n) is 8.87. The Morgan fingerprint density at radius 1 is 1.25 bits per heavy atom. The van der Waals surface area contributed by atoms with Crippen molar-refractivity contribution in [3.8, 4) is 0 Å². The molecule has 4 atom stereocenters. The number of unbranched alkanes of at least 4 members (excludes halogenated alkanes) is 3. The van der Waals surface area contributed by atoms with Gasteiger partial charge in [0.15, 0.2) is 5.82 Å². The lowest BCUT2D eigenvalue weighted by molar-refractivity contribution is -0.152. The van der Waals surface area contributed by atoms with E-state index in [1.807, 2.05) is 30.3 Å². The molecule has 4 rings (SSSR count). The van der Waals surface area contributed by atoms with Crippen molar-refractivity contribution in [2.75, 3.05) is 6.54 Å². The Bertz CT molecular complexity index is 922. The Morgan fingerprint density at radius 2 is 2.03 bits per heavy atom. The summed E-state index contributed by atoms with van der Waals surface area (Å²) in [6.45, 7) is 7.06. The maximum Gasteiger partial charge on any atom is 0.249 e. The van der Waals surface area contributed by atoms with Gasteiger partial charge in [0.2, 0.25) is 11.8 Å². The van der Waals surface area contributed by atoms with E-state index in [0.717, 1.165) is 24.9 Å². The number of amides is 2. The van der Waals surface area contributed by atoms with Gasteiger partial charge in [0.05, 0.1) is 0 Å². The number of hydrogen-bond donors (Lipinski definition) is 3. The average Bonchev–Trinajstić information content (AvgIpc) is 3.39. The summed E-state index contributed by atoms with van der Waals surface area (Å²) in [5, 5.41) is 20.6. The first kappa shape index (κ1) is 22.7. The van der Waals surface area contributed by atoms with Crippen molar-refractivity contribution in [1.82, 2.24) is 36.2 Å². The van der Waals surface area contributed by atoms with Gasteiger partial charge < -0.3 is 15.5 Å². The van der Waals surface area contributed by atoms with E-state index in [2.05, 4.69) is 52.0 Å². The van der Waals surface area contributed by atoms with Gasteiger partial charge in [-0.3, -0.25) is 9.59 Å². The number of tetrazole rings is 1. The quantitative estimate of drug-likeness (QED) is 0.370. The lowest BCUT2D eigenvalue weighted by Gasteiger charge is -2.44. The van der Waals surface area contributed by atoms with Crippen LogP contribution >= 0.6 is 11.8 Å². The number of fused-ring (bicyclic) bond motifs is 1. The summed E-state index contributed by atoms with van der Waals surface area (Å²) in [5.74, 6) is 0.219. The summed E-state index contributed by atoms with van der Waals surface area (Å²) in [4.78, 5) is 28.1. The number of aromatic amines is 1. The number of carbonyl (C=O) groups excluding carboxylic acids is 2. The highest BCUT2D eigenvalue weighted by molar-refractivity contribution is 8.01. The Labute approximate surface area is 192 Å². The lowest BCUT2D eigenvalue weighted by Crippen LogP contribution is -2.68. The first-order valence-corrected chi connectivity index (χ1v) is 12.1. The maximum absolute atomic E-state index is 13.3. The zero-order valence-corrected chi connectivity index (χ0v) is 19.6. The summed E-state index contributed by atoms with van der Waals surface area (Å²) in [7, 11) is 0. The Hall–Kier alpha value is -2.46. The van der Waals surface area contributed by atoms with Gasteiger partial charge in [-0.05, 0) is 32.4 Å². The van der Waals surface area contributed by atoms with Crippen molar-refractivity contribution < 1.29 is 9.59 Å². The number of carbonyl (C=O) groups is 2. The van der Waals surface area contributed by atoms with Gasteiger partial charge in [-0.1, -0.05) is 61.7 Å². The predicted octanol–water partition coefficient (Wildman–Crippen LogP) is 2.33. The summed E-state index contributed by atoms with van der Waals surface area (Å²) >= 11 is 1.66. The number of hydrogen-bond acceptors (Lipinski definition) is 7. The number of thioether (sulfide) groups is 1. The number of nitrogens with zero attached hydrogens (tertiary/aromatic N) is 4. The second-order valence-corrected chi connectivity index (χ2v) is 10.6. The molecule has 10 heteroatoms.